The molecule has 0 aromatic heterocycles. The molecule has 1 saturated carbocycles. The Morgan fingerprint density at radius 3 is 2.28 bits per heavy atom. The Hall–Kier alpha value is -1.38. The molecule has 3 heteroatoms. The number of hydrogen-bond donors (Lipinski definition) is 0. The topological polar surface area (TPSA) is 20.3 Å². The van der Waals surface area contributed by atoms with Gasteiger partial charge in [0.15, 0.2) is 0 Å². The molecular weight excluding hydrogens is 229 g/mol. The van der Waals surface area contributed by atoms with Crippen LogP contribution in [0.4, 0.5) is 4.39 Å². The van der Waals surface area contributed by atoms with Gasteiger partial charge < -0.3 is 4.90 Å². The van der Waals surface area contributed by atoms with Crippen LogP contribution >= 0.6 is 0 Å². The van der Waals surface area contributed by atoms with E-state index in [0.29, 0.717) is 5.92 Å². The largest absolute Gasteiger partial charge is 0.343 e. The fraction of sp³-hybridized carbons (Fsp3) is 0.533. The van der Waals surface area contributed by atoms with Gasteiger partial charge in [0.1, 0.15) is 5.82 Å². The summed E-state index contributed by atoms with van der Waals surface area (Å²) in [6, 6.07) is 6.39. The van der Waals surface area contributed by atoms with Crippen LogP contribution in [0.5, 0.6) is 0 Å². The monoisotopic (exact) mass is 249 g/mol. The minimum atomic E-state index is -0.247. The smallest absolute Gasteiger partial charge is 0.230 e. The Balaban J connectivity index is 2.23. The van der Waals surface area contributed by atoms with E-state index in [1.807, 2.05) is 18.7 Å². The zero-order valence-corrected chi connectivity index (χ0v) is 11.0. The standard InChI is InChI=1S/C15H20FNO/c1-3-17(4-2)15(18)14(11-5-6-11)12-7-9-13(16)10-8-12/h7-11,14H,3-6H2,1-2H3. The van der Waals surface area contributed by atoms with E-state index in [1.54, 1.807) is 12.1 Å². The first-order chi connectivity index (χ1) is 8.67. The molecule has 1 aromatic rings. The average molecular weight is 249 g/mol. The zero-order chi connectivity index (χ0) is 13.1. The Morgan fingerprint density at radius 1 is 1.28 bits per heavy atom. The summed E-state index contributed by atoms with van der Waals surface area (Å²) in [5.74, 6) is 0.312. The van der Waals surface area contributed by atoms with E-state index in [2.05, 4.69) is 0 Å². The van der Waals surface area contributed by atoms with Gasteiger partial charge in [-0.05, 0) is 50.3 Å². The van der Waals surface area contributed by atoms with Crippen molar-refractivity contribution in [3.05, 3.63) is 35.6 Å². The lowest BCUT2D eigenvalue weighted by atomic mass is 9.92. The summed E-state index contributed by atoms with van der Waals surface area (Å²) in [7, 11) is 0. The molecule has 2 nitrogen and oxygen atoms in total. The van der Waals surface area contributed by atoms with Crippen LogP contribution in [0, 0.1) is 11.7 Å². The molecule has 1 atom stereocenters. The Morgan fingerprint density at radius 2 is 1.83 bits per heavy atom. The van der Waals surface area contributed by atoms with Crippen molar-refractivity contribution in [2.75, 3.05) is 13.1 Å². The van der Waals surface area contributed by atoms with E-state index in [1.165, 1.54) is 12.1 Å². The Kier molecular flexibility index (Phi) is 4.00. The van der Waals surface area contributed by atoms with Crippen molar-refractivity contribution in [1.82, 2.24) is 4.90 Å². The molecule has 98 valence electrons. The number of halogens is 1. The van der Waals surface area contributed by atoms with Crippen LogP contribution in [-0.2, 0) is 4.79 Å². The lowest BCUT2D eigenvalue weighted by Gasteiger charge is -2.25. The third kappa shape index (κ3) is 2.71. The molecule has 1 aliphatic rings. The summed E-state index contributed by atoms with van der Waals surface area (Å²) < 4.78 is 13.0. The highest BCUT2D eigenvalue weighted by Crippen LogP contribution is 2.43. The number of rotatable bonds is 5. The number of hydrogen-bond acceptors (Lipinski definition) is 1. The lowest BCUT2D eigenvalue weighted by molar-refractivity contribution is -0.133. The minimum Gasteiger partial charge on any atom is -0.343 e. The number of benzene rings is 1. The lowest BCUT2D eigenvalue weighted by Crippen LogP contribution is -2.35. The van der Waals surface area contributed by atoms with Gasteiger partial charge in [-0.1, -0.05) is 12.1 Å². The van der Waals surface area contributed by atoms with Crippen molar-refractivity contribution in [2.45, 2.75) is 32.6 Å². The molecule has 0 N–H and O–H groups in total. The van der Waals surface area contributed by atoms with Crippen LogP contribution in [0.2, 0.25) is 0 Å². The molecule has 1 fully saturated rings. The van der Waals surface area contributed by atoms with E-state index in [-0.39, 0.29) is 17.6 Å². The van der Waals surface area contributed by atoms with Crippen molar-refractivity contribution in [2.24, 2.45) is 5.92 Å². The van der Waals surface area contributed by atoms with Gasteiger partial charge in [0.25, 0.3) is 0 Å². The second kappa shape index (κ2) is 5.51. The van der Waals surface area contributed by atoms with Gasteiger partial charge in [-0.25, -0.2) is 4.39 Å². The summed E-state index contributed by atoms with van der Waals surface area (Å²) >= 11 is 0. The fourth-order valence-corrected chi connectivity index (χ4v) is 2.45. The third-order valence-electron chi connectivity index (χ3n) is 3.66. The highest BCUT2D eigenvalue weighted by molar-refractivity contribution is 5.84. The summed E-state index contributed by atoms with van der Waals surface area (Å²) in [6.07, 6.45) is 2.21. The van der Waals surface area contributed by atoms with Crippen molar-refractivity contribution in [3.63, 3.8) is 0 Å². The number of carbonyl (C=O) groups excluding carboxylic acids is 1. The minimum absolute atomic E-state index is 0.0782. The maximum absolute atomic E-state index is 13.0. The van der Waals surface area contributed by atoms with Gasteiger partial charge in [0.2, 0.25) is 5.91 Å². The van der Waals surface area contributed by atoms with Gasteiger partial charge in [-0.2, -0.15) is 0 Å². The first-order valence-electron chi connectivity index (χ1n) is 6.71. The molecule has 0 heterocycles. The number of likely N-dealkylation sites (N-methyl/N-ethyl adjacent to an activating group) is 1. The van der Waals surface area contributed by atoms with Crippen LogP contribution in [-0.4, -0.2) is 23.9 Å². The van der Waals surface area contributed by atoms with E-state index >= 15 is 0 Å². The fourth-order valence-electron chi connectivity index (χ4n) is 2.45. The second-order valence-electron chi connectivity index (χ2n) is 4.88. The summed E-state index contributed by atoms with van der Waals surface area (Å²) in [5, 5.41) is 0. The van der Waals surface area contributed by atoms with Gasteiger partial charge in [-0.15, -0.1) is 0 Å². The summed E-state index contributed by atoms with van der Waals surface area (Å²) in [5.41, 5.74) is 0.954. The van der Waals surface area contributed by atoms with E-state index in [9.17, 15) is 9.18 Å². The Bertz CT molecular complexity index is 407. The van der Waals surface area contributed by atoms with Gasteiger partial charge in [-0.3, -0.25) is 4.79 Å². The average Bonchev–Trinajstić information content (AvgIpc) is 3.18. The van der Waals surface area contributed by atoms with Crippen molar-refractivity contribution >= 4 is 5.91 Å². The predicted octanol–water partition coefficient (Wildman–Crippen LogP) is 3.19. The number of carbonyl (C=O) groups is 1. The Labute approximate surface area is 108 Å². The van der Waals surface area contributed by atoms with Crippen LogP contribution in [0.3, 0.4) is 0 Å². The van der Waals surface area contributed by atoms with Gasteiger partial charge in [0, 0.05) is 13.1 Å². The van der Waals surface area contributed by atoms with Crippen molar-refractivity contribution in [3.8, 4) is 0 Å². The quantitative estimate of drug-likeness (QED) is 0.784. The second-order valence-corrected chi connectivity index (χ2v) is 4.88. The number of nitrogens with zero attached hydrogens (tertiary/aromatic N) is 1. The zero-order valence-electron chi connectivity index (χ0n) is 11.0. The van der Waals surface area contributed by atoms with Crippen LogP contribution in [0.1, 0.15) is 38.2 Å². The molecule has 1 aromatic carbocycles. The first-order valence-corrected chi connectivity index (χ1v) is 6.71. The molecule has 0 spiro atoms. The normalized spacial score (nSPS) is 16.4. The van der Waals surface area contributed by atoms with E-state index < -0.39 is 0 Å². The molecule has 18 heavy (non-hydrogen) atoms. The molecular formula is C15H20FNO. The SMILES string of the molecule is CCN(CC)C(=O)C(c1ccc(F)cc1)C1CC1. The highest BCUT2D eigenvalue weighted by atomic mass is 19.1. The maximum Gasteiger partial charge on any atom is 0.230 e. The van der Waals surface area contributed by atoms with Gasteiger partial charge in [0.05, 0.1) is 5.92 Å². The van der Waals surface area contributed by atoms with Crippen molar-refractivity contribution in [1.29, 1.82) is 0 Å². The summed E-state index contributed by atoms with van der Waals surface area (Å²) in [6.45, 7) is 5.46. The maximum atomic E-state index is 13.0. The van der Waals surface area contributed by atoms with E-state index in [0.717, 1.165) is 31.5 Å². The summed E-state index contributed by atoms with van der Waals surface area (Å²) in [4.78, 5) is 14.4. The molecule has 0 radical (unpaired) electrons. The van der Waals surface area contributed by atoms with E-state index in [4.69, 9.17) is 0 Å². The molecule has 0 bridgehead atoms. The molecule has 1 unspecified atom stereocenters. The van der Waals surface area contributed by atoms with Crippen LogP contribution < -0.4 is 0 Å². The predicted molar refractivity (Wildman–Crippen MR) is 69.8 cm³/mol. The van der Waals surface area contributed by atoms with Crippen molar-refractivity contribution < 1.29 is 9.18 Å². The molecule has 0 saturated heterocycles. The van der Waals surface area contributed by atoms with Crippen LogP contribution in [0.15, 0.2) is 24.3 Å². The molecule has 2 rings (SSSR count). The molecule has 1 amide bonds. The molecule has 0 aliphatic heterocycles. The third-order valence-corrected chi connectivity index (χ3v) is 3.66. The van der Waals surface area contributed by atoms with Crippen LogP contribution in [0.25, 0.3) is 0 Å². The first kappa shape index (κ1) is 13.1. The van der Waals surface area contributed by atoms with Gasteiger partial charge >= 0.3 is 0 Å². The highest BCUT2D eigenvalue weighted by Gasteiger charge is 2.38. The molecule has 1 aliphatic carbocycles. The number of amides is 1.